The lowest BCUT2D eigenvalue weighted by Crippen LogP contribution is -2.19. The van der Waals surface area contributed by atoms with Gasteiger partial charge in [0, 0.05) is 11.1 Å². The van der Waals surface area contributed by atoms with Crippen molar-refractivity contribution in [2.75, 3.05) is 13.2 Å². The quantitative estimate of drug-likeness (QED) is 0.457. The Morgan fingerprint density at radius 2 is 0.967 bits per heavy atom. The first-order valence-corrected chi connectivity index (χ1v) is 9.80. The number of carbonyl (C=O) groups is 4. The van der Waals surface area contributed by atoms with Crippen molar-refractivity contribution in [1.29, 1.82) is 0 Å². The van der Waals surface area contributed by atoms with Gasteiger partial charge in [0.05, 0.1) is 11.8 Å². The predicted octanol–water partition coefficient (Wildman–Crippen LogP) is 4.12. The van der Waals surface area contributed by atoms with Crippen LogP contribution in [0.5, 0.6) is 0 Å². The minimum absolute atomic E-state index is 0.333. The molecule has 158 valence electrons. The zero-order chi connectivity index (χ0) is 22.3. The molecule has 0 atom stereocenters. The van der Waals surface area contributed by atoms with Crippen LogP contribution in [0.15, 0.2) is 48.5 Å². The highest BCUT2D eigenvalue weighted by atomic mass is 16.5. The Morgan fingerprint density at radius 1 is 0.633 bits per heavy atom. The number of benzene rings is 2. The largest absolute Gasteiger partial charge is 0.457 e. The van der Waals surface area contributed by atoms with E-state index in [1.165, 1.54) is 0 Å². The molecule has 2 aromatic carbocycles. The van der Waals surface area contributed by atoms with E-state index in [0.29, 0.717) is 22.3 Å². The van der Waals surface area contributed by atoms with Gasteiger partial charge in [-0.05, 0) is 11.1 Å². The van der Waals surface area contributed by atoms with E-state index < -0.39 is 11.9 Å². The average molecular weight is 410 g/mol. The van der Waals surface area contributed by atoms with Gasteiger partial charge in [0.25, 0.3) is 0 Å². The third kappa shape index (κ3) is 5.86. The van der Waals surface area contributed by atoms with Gasteiger partial charge in [0.2, 0.25) is 11.6 Å². The van der Waals surface area contributed by atoms with Gasteiger partial charge < -0.3 is 9.47 Å². The van der Waals surface area contributed by atoms with Crippen LogP contribution in [0, 0.1) is 11.8 Å². The van der Waals surface area contributed by atoms with Crippen molar-refractivity contribution in [3.05, 3.63) is 59.7 Å². The number of rotatable bonds is 9. The fourth-order valence-electron chi connectivity index (χ4n) is 2.68. The zero-order valence-corrected chi connectivity index (χ0v) is 17.6. The topological polar surface area (TPSA) is 86.7 Å². The molecule has 0 bridgehead atoms. The lowest BCUT2D eigenvalue weighted by atomic mass is 9.92. The molecule has 6 heteroatoms. The van der Waals surface area contributed by atoms with E-state index >= 15 is 0 Å². The first-order valence-electron chi connectivity index (χ1n) is 9.80. The minimum atomic E-state index is -0.455. The summed E-state index contributed by atoms with van der Waals surface area (Å²) in [5.74, 6) is -2.31. The lowest BCUT2D eigenvalue weighted by Gasteiger charge is -2.14. The lowest BCUT2D eigenvalue weighted by molar-refractivity contribution is -0.146. The van der Waals surface area contributed by atoms with Crippen LogP contribution >= 0.6 is 0 Å². The van der Waals surface area contributed by atoms with Crippen LogP contribution in [0.4, 0.5) is 0 Å². The molecule has 6 nitrogen and oxygen atoms in total. The number of esters is 2. The molecule has 0 amide bonds. The second-order valence-corrected chi connectivity index (χ2v) is 7.46. The standard InChI is InChI=1S/C24H26O6/c1-15(2)23(27)29-13-21(25)19-11-7-5-9-17(19)18-10-6-8-12-20(18)22(26)14-30-24(28)16(3)4/h5-12,15-16H,13-14H2,1-4H3. The Morgan fingerprint density at radius 3 is 1.30 bits per heavy atom. The fourth-order valence-corrected chi connectivity index (χ4v) is 2.68. The molecule has 0 unspecified atom stereocenters. The molecule has 0 aliphatic rings. The molecule has 0 aliphatic carbocycles. The molecule has 0 radical (unpaired) electrons. The van der Waals surface area contributed by atoms with E-state index in [9.17, 15) is 19.2 Å². The summed E-state index contributed by atoms with van der Waals surface area (Å²) in [5.41, 5.74) is 1.77. The Hall–Kier alpha value is -3.28. The smallest absolute Gasteiger partial charge is 0.308 e. The van der Waals surface area contributed by atoms with Gasteiger partial charge in [0.15, 0.2) is 13.2 Å². The molecular weight excluding hydrogens is 384 g/mol. The SMILES string of the molecule is CC(C)C(=O)OCC(=O)c1ccccc1-c1ccccc1C(=O)COC(=O)C(C)C. The second kappa shape index (κ2) is 10.5. The molecule has 0 N–H and O–H groups in total. The normalized spacial score (nSPS) is 10.7. The van der Waals surface area contributed by atoms with Gasteiger partial charge in [-0.3, -0.25) is 19.2 Å². The molecule has 0 aliphatic heterocycles. The maximum Gasteiger partial charge on any atom is 0.308 e. The summed E-state index contributed by atoms with van der Waals surface area (Å²) in [6, 6.07) is 13.6. The summed E-state index contributed by atoms with van der Waals surface area (Å²) in [5, 5.41) is 0. The van der Waals surface area contributed by atoms with Crippen LogP contribution in [0.2, 0.25) is 0 Å². The van der Waals surface area contributed by atoms with Gasteiger partial charge in [-0.15, -0.1) is 0 Å². The third-order valence-electron chi connectivity index (χ3n) is 4.38. The summed E-state index contributed by atoms with van der Waals surface area (Å²) in [6.45, 7) is 6.00. The second-order valence-electron chi connectivity index (χ2n) is 7.46. The highest BCUT2D eigenvalue weighted by Gasteiger charge is 2.20. The number of Topliss-reactive ketones (excluding diaryl/α,β-unsaturated/α-hetero) is 2. The van der Waals surface area contributed by atoms with Gasteiger partial charge in [-0.1, -0.05) is 76.2 Å². The molecule has 30 heavy (non-hydrogen) atoms. The summed E-state index contributed by atoms with van der Waals surface area (Å²) in [7, 11) is 0. The van der Waals surface area contributed by atoms with E-state index in [1.54, 1.807) is 76.2 Å². The van der Waals surface area contributed by atoms with E-state index in [0.717, 1.165) is 0 Å². The van der Waals surface area contributed by atoms with Crippen molar-refractivity contribution in [3.63, 3.8) is 0 Å². The Bertz CT molecular complexity index is 865. The molecule has 0 fully saturated rings. The monoisotopic (exact) mass is 410 g/mol. The van der Waals surface area contributed by atoms with Gasteiger partial charge in [-0.25, -0.2) is 0 Å². The van der Waals surface area contributed by atoms with Crippen LogP contribution in [0.25, 0.3) is 11.1 Å². The van der Waals surface area contributed by atoms with Crippen LogP contribution in [-0.4, -0.2) is 36.7 Å². The Labute approximate surface area is 176 Å². The molecule has 0 spiro atoms. The fraction of sp³-hybridized carbons (Fsp3) is 0.333. The van der Waals surface area contributed by atoms with Crippen LogP contribution < -0.4 is 0 Å². The zero-order valence-electron chi connectivity index (χ0n) is 17.6. The summed E-state index contributed by atoms with van der Waals surface area (Å²) < 4.78 is 10.1. The molecular formula is C24H26O6. The van der Waals surface area contributed by atoms with Gasteiger partial charge >= 0.3 is 11.9 Å². The number of ketones is 2. The Kier molecular flexibility index (Phi) is 8.04. The number of carbonyl (C=O) groups excluding carboxylic acids is 4. The maximum absolute atomic E-state index is 12.7. The molecule has 0 aromatic heterocycles. The average Bonchev–Trinajstić information content (AvgIpc) is 2.75. The van der Waals surface area contributed by atoms with Crippen molar-refractivity contribution in [1.82, 2.24) is 0 Å². The molecule has 0 heterocycles. The maximum atomic E-state index is 12.7. The van der Waals surface area contributed by atoms with Crippen LogP contribution in [0.1, 0.15) is 48.4 Å². The summed E-state index contributed by atoms with van der Waals surface area (Å²) in [4.78, 5) is 48.8. The molecule has 0 saturated heterocycles. The molecule has 0 saturated carbocycles. The first-order chi connectivity index (χ1) is 14.2. The predicted molar refractivity (Wildman–Crippen MR) is 112 cm³/mol. The minimum Gasteiger partial charge on any atom is -0.457 e. The summed E-state index contributed by atoms with van der Waals surface area (Å²) >= 11 is 0. The van der Waals surface area contributed by atoms with Crippen molar-refractivity contribution >= 4 is 23.5 Å². The van der Waals surface area contributed by atoms with E-state index in [4.69, 9.17) is 9.47 Å². The first kappa shape index (κ1) is 23.0. The van der Waals surface area contributed by atoms with Gasteiger partial charge in [0.1, 0.15) is 0 Å². The molecule has 2 rings (SSSR count). The van der Waals surface area contributed by atoms with Crippen molar-refractivity contribution in [3.8, 4) is 11.1 Å². The van der Waals surface area contributed by atoms with Gasteiger partial charge in [-0.2, -0.15) is 0 Å². The third-order valence-corrected chi connectivity index (χ3v) is 4.38. The number of hydrogen-bond donors (Lipinski definition) is 0. The number of ether oxygens (including phenoxy) is 2. The highest BCUT2D eigenvalue weighted by Crippen LogP contribution is 2.28. The highest BCUT2D eigenvalue weighted by molar-refractivity contribution is 6.08. The van der Waals surface area contributed by atoms with E-state index in [2.05, 4.69) is 0 Å². The van der Waals surface area contributed by atoms with Crippen molar-refractivity contribution in [2.45, 2.75) is 27.7 Å². The Balaban J connectivity index is 2.31. The van der Waals surface area contributed by atoms with Crippen LogP contribution in [0.3, 0.4) is 0 Å². The van der Waals surface area contributed by atoms with E-state index in [1.807, 2.05) is 0 Å². The van der Waals surface area contributed by atoms with Crippen molar-refractivity contribution in [2.24, 2.45) is 11.8 Å². The van der Waals surface area contributed by atoms with Crippen molar-refractivity contribution < 1.29 is 28.7 Å². The summed E-state index contributed by atoms with van der Waals surface area (Å²) in [6.07, 6.45) is 0. The van der Waals surface area contributed by atoms with E-state index in [-0.39, 0.29) is 36.6 Å². The number of hydrogen-bond acceptors (Lipinski definition) is 6. The van der Waals surface area contributed by atoms with Crippen LogP contribution in [-0.2, 0) is 19.1 Å². The molecule has 2 aromatic rings.